The van der Waals surface area contributed by atoms with Crippen molar-refractivity contribution in [1.82, 2.24) is 9.80 Å². The Morgan fingerprint density at radius 2 is 2.15 bits per heavy atom. The summed E-state index contributed by atoms with van der Waals surface area (Å²) < 4.78 is 5.23. The lowest BCUT2D eigenvalue weighted by molar-refractivity contribution is 0.0132. The molecule has 2 rings (SSSR count). The molecule has 1 aliphatic heterocycles. The zero-order valence-electron chi connectivity index (χ0n) is 11.9. The van der Waals surface area contributed by atoms with E-state index in [9.17, 15) is 4.79 Å². The summed E-state index contributed by atoms with van der Waals surface area (Å²) in [7, 11) is 4.01. The van der Waals surface area contributed by atoms with E-state index in [2.05, 4.69) is 11.0 Å². The summed E-state index contributed by atoms with van der Waals surface area (Å²) in [6.45, 7) is 2.09. The van der Waals surface area contributed by atoms with Gasteiger partial charge in [-0.05, 0) is 31.8 Å². The fourth-order valence-electron chi connectivity index (χ4n) is 2.24. The van der Waals surface area contributed by atoms with Crippen LogP contribution in [0.15, 0.2) is 24.3 Å². The van der Waals surface area contributed by atoms with Crippen LogP contribution < -0.4 is 0 Å². The minimum Gasteiger partial charge on any atom is -0.376 e. The Labute approximate surface area is 119 Å². The van der Waals surface area contributed by atoms with E-state index in [0.29, 0.717) is 25.3 Å². The van der Waals surface area contributed by atoms with Crippen molar-refractivity contribution in [3.05, 3.63) is 35.4 Å². The third kappa shape index (κ3) is 3.35. The van der Waals surface area contributed by atoms with Gasteiger partial charge in [0.05, 0.1) is 19.3 Å². The number of hydrogen-bond donors (Lipinski definition) is 0. The number of carbonyl (C=O) groups excluding carboxylic acids is 1. The largest absolute Gasteiger partial charge is 0.376 e. The molecule has 0 spiro atoms. The molecule has 5 nitrogen and oxygen atoms in total. The van der Waals surface area contributed by atoms with Crippen molar-refractivity contribution in [2.24, 2.45) is 0 Å². The first kappa shape index (κ1) is 14.5. The highest BCUT2D eigenvalue weighted by atomic mass is 16.5. The number of nitrogens with zero attached hydrogens (tertiary/aromatic N) is 3. The van der Waals surface area contributed by atoms with E-state index in [0.717, 1.165) is 12.1 Å². The van der Waals surface area contributed by atoms with Crippen molar-refractivity contribution in [3.63, 3.8) is 0 Å². The second-order valence-corrected chi connectivity index (χ2v) is 5.15. The molecule has 106 valence electrons. The standard InChI is InChI=1S/C15H19N3O2/c1-17(2)10-12-3-5-13(6-4-12)15(19)18-7-8-20-11-14(18)9-16/h3-6,14H,7-8,10-11H2,1-2H3/t14-/m1/s1. The predicted molar refractivity (Wildman–Crippen MR) is 75.1 cm³/mol. The molecular formula is C15H19N3O2. The summed E-state index contributed by atoms with van der Waals surface area (Å²) in [6, 6.07) is 9.18. The number of rotatable bonds is 3. The van der Waals surface area contributed by atoms with Gasteiger partial charge in [-0.15, -0.1) is 0 Å². The molecule has 5 heteroatoms. The van der Waals surface area contributed by atoms with Gasteiger partial charge < -0.3 is 14.5 Å². The molecule has 20 heavy (non-hydrogen) atoms. The van der Waals surface area contributed by atoms with Gasteiger partial charge in [-0.1, -0.05) is 12.1 Å². The van der Waals surface area contributed by atoms with E-state index in [-0.39, 0.29) is 5.91 Å². The van der Waals surface area contributed by atoms with Crippen LogP contribution in [-0.2, 0) is 11.3 Å². The van der Waals surface area contributed by atoms with E-state index in [4.69, 9.17) is 10.00 Å². The summed E-state index contributed by atoms with van der Waals surface area (Å²) in [5, 5.41) is 9.07. The number of morpholine rings is 1. The highest BCUT2D eigenvalue weighted by Crippen LogP contribution is 2.13. The fraction of sp³-hybridized carbons (Fsp3) is 0.467. The van der Waals surface area contributed by atoms with Crippen molar-refractivity contribution >= 4 is 5.91 Å². The van der Waals surface area contributed by atoms with Gasteiger partial charge in [0.1, 0.15) is 6.04 Å². The van der Waals surface area contributed by atoms with Crippen molar-refractivity contribution in [2.75, 3.05) is 33.9 Å². The molecule has 0 aromatic heterocycles. The van der Waals surface area contributed by atoms with Crippen LogP contribution in [0.2, 0.25) is 0 Å². The minimum absolute atomic E-state index is 0.101. The maximum Gasteiger partial charge on any atom is 0.255 e. The molecule has 0 saturated carbocycles. The molecule has 1 saturated heterocycles. The van der Waals surface area contributed by atoms with Gasteiger partial charge in [0.15, 0.2) is 0 Å². The molecule has 1 atom stereocenters. The van der Waals surface area contributed by atoms with Crippen LogP contribution in [0.25, 0.3) is 0 Å². The van der Waals surface area contributed by atoms with Gasteiger partial charge in [0, 0.05) is 18.7 Å². The van der Waals surface area contributed by atoms with E-state index >= 15 is 0 Å². The summed E-state index contributed by atoms with van der Waals surface area (Å²) in [6.07, 6.45) is 0. The van der Waals surface area contributed by atoms with Gasteiger partial charge in [-0.3, -0.25) is 4.79 Å². The first-order valence-electron chi connectivity index (χ1n) is 6.64. The highest BCUT2D eigenvalue weighted by Gasteiger charge is 2.27. The maximum atomic E-state index is 12.4. The van der Waals surface area contributed by atoms with Crippen LogP contribution in [0.5, 0.6) is 0 Å². The average Bonchev–Trinajstić information content (AvgIpc) is 2.46. The van der Waals surface area contributed by atoms with Crippen LogP contribution in [0.1, 0.15) is 15.9 Å². The van der Waals surface area contributed by atoms with Gasteiger partial charge in [0.25, 0.3) is 5.91 Å². The molecular weight excluding hydrogens is 254 g/mol. The first-order chi connectivity index (χ1) is 9.61. The Morgan fingerprint density at radius 3 is 2.75 bits per heavy atom. The van der Waals surface area contributed by atoms with Gasteiger partial charge in [-0.2, -0.15) is 5.26 Å². The maximum absolute atomic E-state index is 12.4. The number of nitriles is 1. The van der Waals surface area contributed by atoms with E-state index < -0.39 is 6.04 Å². The molecule has 1 aromatic rings. The van der Waals surface area contributed by atoms with Crippen molar-refractivity contribution in [3.8, 4) is 6.07 Å². The topological polar surface area (TPSA) is 56.6 Å². The molecule has 0 aliphatic carbocycles. The number of carbonyl (C=O) groups is 1. The van der Waals surface area contributed by atoms with E-state index in [1.54, 1.807) is 4.90 Å². The average molecular weight is 273 g/mol. The van der Waals surface area contributed by atoms with E-state index in [1.807, 2.05) is 38.4 Å². The van der Waals surface area contributed by atoms with Crippen molar-refractivity contribution in [2.45, 2.75) is 12.6 Å². The number of amides is 1. The SMILES string of the molecule is CN(C)Cc1ccc(C(=O)N2CCOC[C@H]2C#N)cc1. The van der Waals surface area contributed by atoms with Gasteiger partial charge >= 0.3 is 0 Å². The Bertz CT molecular complexity index is 505. The molecule has 0 unspecified atom stereocenters. The van der Waals surface area contributed by atoms with Crippen LogP contribution in [0, 0.1) is 11.3 Å². The molecule has 1 aliphatic rings. The minimum atomic E-state index is -0.488. The van der Waals surface area contributed by atoms with Gasteiger partial charge in [-0.25, -0.2) is 0 Å². The second-order valence-electron chi connectivity index (χ2n) is 5.15. The smallest absolute Gasteiger partial charge is 0.255 e. The van der Waals surface area contributed by atoms with Crippen LogP contribution in [-0.4, -0.2) is 55.6 Å². The normalized spacial score (nSPS) is 18.9. The Balaban J connectivity index is 2.10. The molecule has 1 fully saturated rings. The lowest BCUT2D eigenvalue weighted by Crippen LogP contribution is -2.47. The monoisotopic (exact) mass is 273 g/mol. The van der Waals surface area contributed by atoms with Gasteiger partial charge in [0.2, 0.25) is 0 Å². The first-order valence-corrected chi connectivity index (χ1v) is 6.64. The molecule has 0 N–H and O–H groups in total. The molecule has 1 heterocycles. The van der Waals surface area contributed by atoms with Crippen LogP contribution in [0.3, 0.4) is 0 Å². The van der Waals surface area contributed by atoms with Crippen LogP contribution >= 0.6 is 0 Å². The number of ether oxygens (including phenoxy) is 1. The lowest BCUT2D eigenvalue weighted by Gasteiger charge is -2.31. The fourth-order valence-corrected chi connectivity index (χ4v) is 2.24. The Hall–Kier alpha value is -1.90. The third-order valence-corrected chi connectivity index (χ3v) is 3.24. The van der Waals surface area contributed by atoms with Crippen molar-refractivity contribution in [1.29, 1.82) is 5.26 Å². The van der Waals surface area contributed by atoms with Crippen LogP contribution in [0.4, 0.5) is 0 Å². The Morgan fingerprint density at radius 1 is 1.45 bits per heavy atom. The Kier molecular flexibility index (Phi) is 4.72. The quantitative estimate of drug-likeness (QED) is 0.828. The zero-order chi connectivity index (χ0) is 14.5. The predicted octanol–water partition coefficient (Wildman–Crippen LogP) is 1.11. The molecule has 1 amide bonds. The molecule has 0 radical (unpaired) electrons. The lowest BCUT2D eigenvalue weighted by atomic mass is 10.1. The highest BCUT2D eigenvalue weighted by molar-refractivity contribution is 5.94. The third-order valence-electron chi connectivity index (χ3n) is 3.24. The molecule has 0 bridgehead atoms. The second kappa shape index (κ2) is 6.51. The number of hydrogen-bond acceptors (Lipinski definition) is 4. The summed E-state index contributed by atoms with van der Waals surface area (Å²) in [4.78, 5) is 16.1. The summed E-state index contributed by atoms with van der Waals surface area (Å²) in [5.74, 6) is -0.101. The molecule has 1 aromatic carbocycles. The summed E-state index contributed by atoms with van der Waals surface area (Å²) >= 11 is 0. The van der Waals surface area contributed by atoms with E-state index in [1.165, 1.54) is 0 Å². The zero-order valence-corrected chi connectivity index (χ0v) is 11.9. The summed E-state index contributed by atoms with van der Waals surface area (Å²) in [5.41, 5.74) is 1.78. The number of benzene rings is 1. The van der Waals surface area contributed by atoms with Crippen molar-refractivity contribution < 1.29 is 9.53 Å².